The summed E-state index contributed by atoms with van der Waals surface area (Å²) in [5.41, 5.74) is -0.665. The maximum absolute atomic E-state index is 13.7. The average molecular weight is 817 g/mol. The number of carbonyl (C=O) groups is 1. The summed E-state index contributed by atoms with van der Waals surface area (Å²) in [6.45, 7) is 5.78. The highest BCUT2D eigenvalue weighted by atomic mass is 127. The Balaban J connectivity index is 0.000000290. The van der Waals surface area contributed by atoms with Gasteiger partial charge < -0.3 is 19.5 Å². The van der Waals surface area contributed by atoms with Crippen LogP contribution in [0.5, 0.6) is 11.5 Å². The highest BCUT2D eigenvalue weighted by Gasteiger charge is 2.38. The van der Waals surface area contributed by atoms with Crippen molar-refractivity contribution in [1.29, 1.82) is 0 Å². The lowest BCUT2D eigenvalue weighted by molar-refractivity contribution is 0.0179. The third-order valence-corrected chi connectivity index (χ3v) is 7.33. The number of alkyl halides is 2. The maximum atomic E-state index is 13.7. The largest absolute Gasteiger partial charge is 0.486 e. The number of aromatic nitrogens is 2. The van der Waals surface area contributed by atoms with Gasteiger partial charge in [0.25, 0.3) is 11.9 Å². The molecule has 40 heavy (non-hydrogen) atoms. The molecule has 2 aromatic rings. The van der Waals surface area contributed by atoms with Crippen molar-refractivity contribution in [3.05, 3.63) is 43.6 Å². The van der Waals surface area contributed by atoms with Gasteiger partial charge >= 0.3 is 6.09 Å². The Kier molecular flexibility index (Phi) is 13.7. The zero-order valence-electron chi connectivity index (χ0n) is 22.0. The van der Waals surface area contributed by atoms with E-state index < -0.39 is 42.0 Å². The van der Waals surface area contributed by atoms with Crippen LogP contribution in [0.15, 0.2) is 24.5 Å². The molecule has 8 nitrogen and oxygen atoms in total. The van der Waals surface area contributed by atoms with Crippen LogP contribution in [0.1, 0.15) is 33.6 Å². The van der Waals surface area contributed by atoms with Gasteiger partial charge in [0.2, 0.25) is 0 Å². The highest BCUT2D eigenvalue weighted by molar-refractivity contribution is 14.1. The van der Waals surface area contributed by atoms with Crippen LogP contribution < -0.4 is 14.8 Å². The molecule has 4 atom stereocenters. The Morgan fingerprint density at radius 3 is 2.02 bits per heavy atom. The Hall–Kier alpha value is -1.40. The minimum Gasteiger partial charge on any atom is -0.486 e. The van der Waals surface area contributed by atoms with Crippen LogP contribution in [0.3, 0.4) is 0 Å². The molecule has 0 bridgehead atoms. The predicted molar refractivity (Wildman–Crippen MR) is 160 cm³/mol. The molecule has 2 saturated heterocycles. The quantitative estimate of drug-likeness (QED) is 0.222. The molecule has 0 aliphatic carbocycles. The van der Waals surface area contributed by atoms with E-state index in [1.807, 2.05) is 45.2 Å². The second kappa shape index (κ2) is 15.7. The van der Waals surface area contributed by atoms with Crippen molar-refractivity contribution in [3.63, 3.8) is 0 Å². The minimum atomic E-state index is -1.14. The number of ether oxygens (including phenoxy) is 3. The van der Waals surface area contributed by atoms with Crippen molar-refractivity contribution in [2.24, 2.45) is 0 Å². The molecule has 224 valence electrons. The van der Waals surface area contributed by atoms with Gasteiger partial charge in [0.05, 0.1) is 19.7 Å². The monoisotopic (exact) mass is 816 g/mol. The number of nitrogens with zero attached hydrogens (tertiary/aromatic N) is 3. The molecule has 0 unspecified atom stereocenters. The molecule has 0 aromatic carbocycles. The van der Waals surface area contributed by atoms with Crippen LogP contribution in [0.4, 0.5) is 22.4 Å². The molecule has 15 heteroatoms. The molecule has 4 heterocycles. The van der Waals surface area contributed by atoms with Crippen LogP contribution in [-0.4, -0.2) is 77.3 Å². The van der Waals surface area contributed by atoms with Crippen molar-refractivity contribution >= 4 is 63.7 Å². The van der Waals surface area contributed by atoms with Gasteiger partial charge in [-0.2, -0.15) is 8.78 Å². The molecule has 2 aliphatic rings. The van der Waals surface area contributed by atoms with Crippen LogP contribution in [0, 0.1) is 19.0 Å². The van der Waals surface area contributed by atoms with Crippen molar-refractivity contribution in [2.45, 2.75) is 63.6 Å². The first kappa shape index (κ1) is 34.8. The smallest absolute Gasteiger partial charge is 0.410 e. The van der Waals surface area contributed by atoms with Crippen molar-refractivity contribution in [1.82, 2.24) is 20.2 Å². The Morgan fingerprint density at radius 1 is 1.00 bits per heavy atom. The van der Waals surface area contributed by atoms with Gasteiger partial charge in [0.15, 0.2) is 11.5 Å². The Labute approximate surface area is 264 Å². The SMILES string of the molecule is CC(C)(C)OC(=O)N1C[C@@H](F)C[C@H]1COc1c(I)ccnc1F.Cl.Fc1nccc(I)c1OC[C@@H]1C[C@H](F)CN1. The fraction of sp³-hybridized carbons (Fsp3) is 0.560. The summed E-state index contributed by atoms with van der Waals surface area (Å²) < 4.78 is 70.8. The first-order chi connectivity index (χ1) is 18.3. The van der Waals surface area contributed by atoms with E-state index in [-0.39, 0.29) is 56.1 Å². The Bertz CT molecular complexity index is 1090. The number of pyridine rings is 2. The number of rotatable bonds is 6. The van der Waals surface area contributed by atoms with Gasteiger partial charge in [-0.25, -0.2) is 23.5 Å². The third-order valence-electron chi connectivity index (χ3n) is 5.63. The van der Waals surface area contributed by atoms with Crippen molar-refractivity contribution in [3.8, 4) is 11.5 Å². The van der Waals surface area contributed by atoms with E-state index in [0.717, 1.165) is 0 Å². The summed E-state index contributed by atoms with van der Waals surface area (Å²) in [5, 5.41) is 2.97. The molecule has 1 N–H and O–H groups in total. The topological polar surface area (TPSA) is 85.8 Å². The average Bonchev–Trinajstić information content (AvgIpc) is 3.42. The summed E-state index contributed by atoms with van der Waals surface area (Å²) >= 11 is 3.91. The van der Waals surface area contributed by atoms with Crippen LogP contribution >= 0.6 is 57.6 Å². The maximum Gasteiger partial charge on any atom is 0.410 e. The van der Waals surface area contributed by atoms with Gasteiger partial charge in [-0.05, 0) is 84.5 Å². The van der Waals surface area contributed by atoms with Crippen LogP contribution in [0.2, 0.25) is 0 Å². The van der Waals surface area contributed by atoms with Gasteiger partial charge in [-0.3, -0.25) is 4.90 Å². The molecule has 0 spiro atoms. The molecule has 2 aromatic heterocycles. The van der Waals surface area contributed by atoms with E-state index in [1.165, 1.54) is 17.3 Å². The zero-order valence-corrected chi connectivity index (χ0v) is 27.1. The molecule has 1 amide bonds. The molecule has 0 saturated carbocycles. The molecule has 2 aliphatic heterocycles. The Morgan fingerprint density at radius 2 is 1.55 bits per heavy atom. The van der Waals surface area contributed by atoms with Gasteiger partial charge in [0, 0.05) is 31.4 Å². The molecule has 0 radical (unpaired) electrons. The first-order valence-corrected chi connectivity index (χ1v) is 14.4. The number of amides is 1. The summed E-state index contributed by atoms with van der Waals surface area (Å²) in [6.07, 6.45) is 0.711. The van der Waals surface area contributed by atoms with E-state index in [1.54, 1.807) is 32.9 Å². The van der Waals surface area contributed by atoms with E-state index in [2.05, 4.69) is 15.3 Å². The number of hydrogen-bond acceptors (Lipinski definition) is 7. The van der Waals surface area contributed by atoms with E-state index in [0.29, 0.717) is 20.1 Å². The van der Waals surface area contributed by atoms with Crippen LogP contribution in [0.25, 0.3) is 0 Å². The second-order valence-corrected chi connectivity index (χ2v) is 12.3. The summed E-state index contributed by atoms with van der Waals surface area (Å²) in [5.74, 6) is -1.19. The number of likely N-dealkylation sites (tertiary alicyclic amines) is 1. The standard InChI is InChI=1S/C15H19F2IN2O3.C10H11F2IN2O.ClH/c1-15(2,3)23-14(21)20-7-9(16)6-10(20)8-22-12-11(18)4-5-19-13(12)17;11-6-3-7(15-4-6)5-16-9-8(13)1-2-14-10(9)12;/h4-5,9-10H,6-8H2,1-3H3;1-2,6-7,15H,3-5H2;1H/t9-,10-;6-,7-;/m00./s1. The number of carbonyl (C=O) groups excluding carboxylic acids is 1. The fourth-order valence-corrected chi connectivity index (χ4v) is 4.96. The highest BCUT2D eigenvalue weighted by Crippen LogP contribution is 2.27. The summed E-state index contributed by atoms with van der Waals surface area (Å²) in [4.78, 5) is 20.5. The van der Waals surface area contributed by atoms with Crippen molar-refractivity contribution < 1.29 is 36.6 Å². The number of hydrogen-bond donors (Lipinski definition) is 1. The summed E-state index contributed by atoms with van der Waals surface area (Å²) in [6, 6.07) is 2.72. The van der Waals surface area contributed by atoms with Gasteiger partial charge in [-0.15, -0.1) is 12.4 Å². The second-order valence-electron chi connectivity index (χ2n) is 10.0. The predicted octanol–water partition coefficient (Wildman–Crippen LogP) is 5.88. The van der Waals surface area contributed by atoms with Gasteiger partial charge in [-0.1, -0.05) is 0 Å². The van der Waals surface area contributed by atoms with Crippen molar-refractivity contribution in [2.75, 3.05) is 26.3 Å². The first-order valence-electron chi connectivity index (χ1n) is 12.2. The fourth-order valence-electron chi connectivity index (χ4n) is 3.88. The lowest BCUT2D eigenvalue weighted by Crippen LogP contribution is -2.42. The molecule has 2 fully saturated rings. The number of nitrogens with one attached hydrogen (secondary N) is 1. The zero-order chi connectivity index (χ0) is 28.7. The lowest BCUT2D eigenvalue weighted by atomic mass is 10.2. The third kappa shape index (κ3) is 10.5. The molecular weight excluding hydrogens is 786 g/mol. The lowest BCUT2D eigenvalue weighted by Gasteiger charge is -2.28. The minimum absolute atomic E-state index is 0. The molecular formula is C25H31ClF4I2N4O4. The molecule has 4 rings (SSSR count). The number of halogens is 7. The normalized spacial score (nSPS) is 22.2. The van der Waals surface area contributed by atoms with Gasteiger partial charge in [0.1, 0.15) is 31.2 Å². The summed E-state index contributed by atoms with van der Waals surface area (Å²) in [7, 11) is 0. The van der Waals surface area contributed by atoms with E-state index >= 15 is 0 Å². The van der Waals surface area contributed by atoms with E-state index in [4.69, 9.17) is 14.2 Å². The van der Waals surface area contributed by atoms with E-state index in [9.17, 15) is 22.4 Å². The van der Waals surface area contributed by atoms with Crippen LogP contribution in [-0.2, 0) is 4.74 Å².